The van der Waals surface area contributed by atoms with Crippen molar-refractivity contribution >= 4 is 24.1 Å². The Morgan fingerprint density at radius 1 is 0.774 bits per heavy atom. The van der Waals surface area contributed by atoms with Crippen LogP contribution in [0.15, 0.2) is 84.9 Å². The van der Waals surface area contributed by atoms with Crippen LogP contribution in [0.2, 0.25) is 0 Å². The number of hydrogen-bond acceptors (Lipinski definition) is 2. The van der Waals surface area contributed by atoms with Crippen LogP contribution in [0.3, 0.4) is 0 Å². The Kier molecular flexibility index (Phi) is 5.37. The van der Waals surface area contributed by atoms with E-state index in [1.807, 2.05) is 36.4 Å². The normalized spacial score (nSPS) is 17.7. The first-order valence-corrected chi connectivity index (χ1v) is 11.0. The lowest BCUT2D eigenvalue weighted by atomic mass is 9.89. The molecule has 5 rings (SSSR count). The summed E-state index contributed by atoms with van der Waals surface area (Å²) < 4.78 is 0.409. The Balaban J connectivity index is 1.66. The molecule has 3 heteroatoms. The number of amides is 1. The van der Waals surface area contributed by atoms with E-state index in [1.165, 1.54) is 22.3 Å². The second-order valence-electron chi connectivity index (χ2n) is 8.31. The monoisotopic (exact) mass is 407 g/mol. The van der Waals surface area contributed by atoms with E-state index in [-0.39, 0.29) is 11.9 Å². The zero-order chi connectivity index (χ0) is 21.1. The predicted octanol–water partition coefficient (Wildman–Crippen LogP) is 4.92. The van der Waals surface area contributed by atoms with Gasteiger partial charge < -0.3 is 5.32 Å². The lowest BCUT2D eigenvalue weighted by Crippen LogP contribution is -2.63. The first-order valence-electron chi connectivity index (χ1n) is 11.0. The lowest BCUT2D eigenvalue weighted by Gasteiger charge is -2.45. The van der Waals surface area contributed by atoms with E-state index in [2.05, 4.69) is 66.0 Å². The number of carbonyl (C=O) groups is 1. The van der Waals surface area contributed by atoms with E-state index in [4.69, 9.17) is 0 Å². The summed E-state index contributed by atoms with van der Waals surface area (Å²) >= 11 is 0. The average molecular weight is 408 g/mol. The number of quaternary nitrogens is 1. The number of piperazine rings is 1. The van der Waals surface area contributed by atoms with Crippen LogP contribution in [0.25, 0.3) is 18.2 Å². The van der Waals surface area contributed by atoms with Gasteiger partial charge >= 0.3 is 5.91 Å². The minimum Gasteiger partial charge on any atom is -0.306 e. The van der Waals surface area contributed by atoms with E-state index < -0.39 is 0 Å². The Morgan fingerprint density at radius 3 is 1.94 bits per heavy atom. The summed E-state index contributed by atoms with van der Waals surface area (Å²) in [5.74, 6) is 0.168. The van der Waals surface area contributed by atoms with Crippen LogP contribution in [0.4, 0.5) is 0 Å². The van der Waals surface area contributed by atoms with Crippen LogP contribution in [-0.4, -0.2) is 36.6 Å². The molecule has 1 aliphatic carbocycles. The maximum absolute atomic E-state index is 14.0. The largest absolute Gasteiger partial charge is 0.339 e. The Labute approximate surface area is 183 Å². The molecule has 1 amide bonds. The number of rotatable bonds is 3. The average Bonchev–Trinajstić information content (AvgIpc) is 3.01. The molecule has 0 saturated carbocycles. The standard InChI is InChI=1S/C28H27N2O/c31-27(17-14-22-8-2-1-3-9-22)30(20-18-29-19-21-30)28-25-12-6-4-10-23(25)15-16-24-11-5-7-13-26(24)28/h1-17,28-29H,18-21H2/q+1. The number of nitrogens with zero attached hydrogens (tertiary/aromatic N) is 1. The molecule has 154 valence electrons. The zero-order valence-electron chi connectivity index (χ0n) is 17.6. The first kappa shape index (κ1) is 19.7. The molecule has 3 aromatic rings. The predicted molar refractivity (Wildman–Crippen MR) is 127 cm³/mol. The highest BCUT2D eigenvalue weighted by Crippen LogP contribution is 2.42. The third-order valence-electron chi connectivity index (χ3n) is 6.55. The van der Waals surface area contributed by atoms with Crippen LogP contribution in [0.5, 0.6) is 0 Å². The van der Waals surface area contributed by atoms with E-state index in [9.17, 15) is 4.79 Å². The molecule has 3 nitrogen and oxygen atoms in total. The minimum absolute atomic E-state index is 0.0302. The summed E-state index contributed by atoms with van der Waals surface area (Å²) in [6, 6.07) is 27.1. The number of hydrogen-bond donors (Lipinski definition) is 1. The second kappa shape index (κ2) is 8.46. The molecule has 3 aromatic carbocycles. The summed E-state index contributed by atoms with van der Waals surface area (Å²) in [6.07, 6.45) is 8.13. The molecule has 0 bridgehead atoms. The molecule has 1 fully saturated rings. The van der Waals surface area contributed by atoms with E-state index in [0.29, 0.717) is 4.48 Å². The number of carbonyl (C=O) groups excluding carboxylic acids is 1. The number of fused-ring (bicyclic) bond motifs is 2. The molecular weight excluding hydrogens is 380 g/mol. The van der Waals surface area contributed by atoms with Crippen LogP contribution in [0.1, 0.15) is 33.9 Å². The van der Waals surface area contributed by atoms with Gasteiger partial charge in [-0.3, -0.25) is 0 Å². The van der Waals surface area contributed by atoms with E-state index in [1.54, 1.807) is 6.08 Å². The molecule has 31 heavy (non-hydrogen) atoms. The fourth-order valence-electron chi connectivity index (χ4n) is 4.98. The van der Waals surface area contributed by atoms with Crippen molar-refractivity contribution in [2.75, 3.05) is 26.2 Å². The summed E-state index contributed by atoms with van der Waals surface area (Å²) in [5.41, 5.74) is 5.89. The van der Waals surface area contributed by atoms with Crippen LogP contribution in [-0.2, 0) is 4.79 Å². The highest BCUT2D eigenvalue weighted by Gasteiger charge is 2.47. The van der Waals surface area contributed by atoms with Crippen LogP contribution < -0.4 is 5.32 Å². The van der Waals surface area contributed by atoms with Gasteiger partial charge in [-0.15, -0.1) is 0 Å². The molecule has 0 unspecified atom stereocenters. The van der Waals surface area contributed by atoms with Crippen molar-refractivity contribution < 1.29 is 9.28 Å². The summed E-state index contributed by atoms with van der Waals surface area (Å²) in [4.78, 5) is 14.0. The maximum Gasteiger partial charge on any atom is 0.339 e. The molecule has 0 aromatic heterocycles. The Morgan fingerprint density at radius 2 is 1.32 bits per heavy atom. The van der Waals surface area contributed by atoms with Crippen molar-refractivity contribution in [2.24, 2.45) is 0 Å². The molecule has 2 aliphatic rings. The summed E-state index contributed by atoms with van der Waals surface area (Å²) in [7, 11) is 0. The van der Waals surface area contributed by atoms with Gasteiger partial charge in [0.1, 0.15) is 6.04 Å². The second-order valence-corrected chi connectivity index (χ2v) is 8.31. The van der Waals surface area contributed by atoms with Crippen molar-refractivity contribution in [2.45, 2.75) is 6.04 Å². The van der Waals surface area contributed by atoms with Gasteiger partial charge in [-0.05, 0) is 22.8 Å². The topological polar surface area (TPSA) is 29.1 Å². The van der Waals surface area contributed by atoms with Crippen LogP contribution >= 0.6 is 0 Å². The van der Waals surface area contributed by atoms with Crippen molar-refractivity contribution in [1.82, 2.24) is 5.32 Å². The fourth-order valence-corrected chi connectivity index (χ4v) is 4.98. The SMILES string of the molecule is O=C(C=Cc1ccccc1)[N+]1(C2c3ccccc3C=Cc3ccccc32)CCNCC1. The van der Waals surface area contributed by atoms with Gasteiger partial charge in [-0.2, -0.15) is 0 Å². The van der Waals surface area contributed by atoms with E-state index >= 15 is 0 Å². The molecule has 1 N–H and O–H groups in total. The smallest absolute Gasteiger partial charge is 0.306 e. The van der Waals surface area contributed by atoms with E-state index in [0.717, 1.165) is 31.7 Å². The Hall–Kier alpha value is -3.27. The fraction of sp³-hybridized carbons (Fsp3) is 0.179. The molecule has 0 atom stereocenters. The molecule has 1 saturated heterocycles. The highest BCUT2D eigenvalue weighted by atomic mass is 16.2. The molecule has 0 spiro atoms. The molecule has 1 aliphatic heterocycles. The molecule has 0 radical (unpaired) electrons. The molecule has 1 heterocycles. The lowest BCUT2D eigenvalue weighted by molar-refractivity contribution is -0.879. The van der Waals surface area contributed by atoms with Gasteiger partial charge in [0.2, 0.25) is 0 Å². The van der Waals surface area contributed by atoms with Gasteiger partial charge in [0.05, 0.1) is 13.1 Å². The first-order chi connectivity index (χ1) is 15.3. The van der Waals surface area contributed by atoms with Crippen molar-refractivity contribution in [3.05, 3.63) is 113 Å². The minimum atomic E-state index is -0.0302. The third-order valence-corrected chi connectivity index (χ3v) is 6.55. The Bertz CT molecular complexity index is 1090. The third kappa shape index (κ3) is 3.67. The quantitative estimate of drug-likeness (QED) is 0.493. The van der Waals surface area contributed by atoms with Gasteiger partial charge in [0, 0.05) is 30.3 Å². The zero-order valence-corrected chi connectivity index (χ0v) is 17.6. The number of benzene rings is 3. The van der Waals surface area contributed by atoms with Crippen molar-refractivity contribution in [3.8, 4) is 0 Å². The van der Waals surface area contributed by atoms with Gasteiger partial charge in [0.15, 0.2) is 0 Å². The van der Waals surface area contributed by atoms with Crippen LogP contribution in [0, 0.1) is 0 Å². The summed E-state index contributed by atoms with van der Waals surface area (Å²) in [6.45, 7) is 3.20. The highest BCUT2D eigenvalue weighted by molar-refractivity contribution is 5.87. The number of nitrogens with one attached hydrogen (secondary N) is 1. The van der Waals surface area contributed by atoms with Gasteiger partial charge in [0.25, 0.3) is 0 Å². The maximum atomic E-state index is 14.0. The summed E-state index contributed by atoms with van der Waals surface area (Å²) in [5, 5.41) is 3.46. The van der Waals surface area contributed by atoms with Gasteiger partial charge in [-0.1, -0.05) is 91.0 Å². The van der Waals surface area contributed by atoms with Gasteiger partial charge in [-0.25, -0.2) is 9.28 Å². The molecular formula is C28H27N2O+. The van der Waals surface area contributed by atoms with Crippen molar-refractivity contribution in [1.29, 1.82) is 0 Å². The van der Waals surface area contributed by atoms with Crippen molar-refractivity contribution in [3.63, 3.8) is 0 Å².